The monoisotopic (exact) mass is 431 g/mol. The van der Waals surface area contributed by atoms with Crippen molar-refractivity contribution in [3.8, 4) is 0 Å². The molecule has 3 atom stereocenters. The number of oxime groups is 1. The molecule has 0 radical (unpaired) electrons. The van der Waals surface area contributed by atoms with Crippen LogP contribution in [0.5, 0.6) is 0 Å². The molecule has 1 aliphatic rings. The molecule has 0 fully saturated rings. The molecule has 0 heterocycles. The van der Waals surface area contributed by atoms with Crippen LogP contribution >= 0.6 is 11.6 Å². The van der Waals surface area contributed by atoms with Gasteiger partial charge < -0.3 is 14.1 Å². The summed E-state index contributed by atoms with van der Waals surface area (Å²) < 4.78 is 17.4. The first kappa shape index (κ1) is 24.7. The second-order valence-corrected chi connectivity index (χ2v) is 9.15. The smallest absolute Gasteiger partial charge is 0.307 e. The summed E-state index contributed by atoms with van der Waals surface area (Å²) in [6.45, 7) is 7.28. The van der Waals surface area contributed by atoms with Crippen molar-refractivity contribution >= 4 is 40.2 Å². The van der Waals surface area contributed by atoms with Crippen LogP contribution in [0.1, 0.15) is 59.8 Å². The van der Waals surface area contributed by atoms with Crippen molar-refractivity contribution in [2.24, 2.45) is 11.1 Å². The summed E-state index contributed by atoms with van der Waals surface area (Å²) in [4.78, 5) is 29.8. The Bertz CT molecular complexity index is 632. The Morgan fingerprint density at radius 3 is 2.71 bits per heavy atom. The van der Waals surface area contributed by atoms with Gasteiger partial charge in [-0.15, -0.1) is 0 Å². The lowest BCUT2D eigenvalue weighted by Crippen LogP contribution is -2.30. The van der Waals surface area contributed by atoms with Gasteiger partial charge in [-0.05, 0) is 38.7 Å². The first-order chi connectivity index (χ1) is 13.3. The Labute approximate surface area is 175 Å². The molecule has 0 saturated heterocycles. The lowest BCUT2D eigenvalue weighted by atomic mass is 9.82. The number of hydrogen-bond acceptors (Lipinski definition) is 6. The molecule has 28 heavy (non-hydrogen) atoms. The van der Waals surface area contributed by atoms with Crippen LogP contribution in [0, 0.1) is 5.92 Å². The summed E-state index contributed by atoms with van der Waals surface area (Å²) >= 11 is 4.54. The fraction of sp³-hybridized carbons (Fsp3) is 0.650. The quantitative estimate of drug-likeness (QED) is 0.160. The summed E-state index contributed by atoms with van der Waals surface area (Å²) in [5.41, 5.74) is 2.15. The van der Waals surface area contributed by atoms with E-state index in [0.717, 1.165) is 6.42 Å². The van der Waals surface area contributed by atoms with Gasteiger partial charge in [-0.2, -0.15) is 0 Å². The minimum atomic E-state index is -0.930. The second kappa shape index (κ2) is 13.0. The molecular formula is C20H30ClNO5S. The van der Waals surface area contributed by atoms with Crippen LogP contribution in [0.4, 0.5) is 0 Å². The van der Waals surface area contributed by atoms with E-state index in [1.807, 2.05) is 20.8 Å². The first-order valence-corrected chi connectivity index (χ1v) is 11.4. The Kier molecular flexibility index (Phi) is 11.5. The molecule has 0 aromatic heterocycles. The third kappa shape index (κ3) is 7.97. The number of nitrogens with zero attached hydrogens (tertiary/aromatic N) is 1. The summed E-state index contributed by atoms with van der Waals surface area (Å²) in [5.74, 6) is 0.311. The zero-order valence-corrected chi connectivity index (χ0v) is 18.6. The zero-order valence-electron chi connectivity index (χ0n) is 17.0. The molecule has 158 valence electrons. The van der Waals surface area contributed by atoms with Crippen LogP contribution in [0.2, 0.25) is 0 Å². The number of Topliss-reactive ketones (excluding diaryl/α,β-unsaturated/α-hetero) is 1. The molecule has 0 bridgehead atoms. The third-order valence-electron chi connectivity index (χ3n) is 4.38. The molecule has 0 aliphatic heterocycles. The number of allylic oxidation sites excluding steroid dienone is 2. The number of esters is 1. The molecule has 8 heteroatoms. The van der Waals surface area contributed by atoms with E-state index in [-0.39, 0.29) is 23.6 Å². The van der Waals surface area contributed by atoms with Gasteiger partial charge in [0.1, 0.15) is 23.4 Å². The molecule has 6 nitrogen and oxygen atoms in total. The van der Waals surface area contributed by atoms with Crippen molar-refractivity contribution in [3.05, 3.63) is 22.9 Å². The van der Waals surface area contributed by atoms with E-state index in [9.17, 15) is 14.1 Å². The van der Waals surface area contributed by atoms with E-state index in [1.165, 1.54) is 12.5 Å². The maximum atomic E-state index is 12.9. The minimum absolute atomic E-state index is 0.0147. The number of carbonyl (C=O) groups is 2. The van der Waals surface area contributed by atoms with E-state index >= 15 is 0 Å². The highest BCUT2D eigenvalue weighted by Crippen LogP contribution is 2.33. The molecule has 3 unspecified atom stereocenters. The van der Waals surface area contributed by atoms with Gasteiger partial charge in [0, 0.05) is 25.3 Å². The SMILES string of the molecule is CCCC(=NOC/C=C/Cl)C1=C(OC(C)=O)CC(CC(C)[S+]([O-])CC)CC1=O. The van der Waals surface area contributed by atoms with Crippen molar-refractivity contribution < 1.29 is 23.7 Å². The number of hydrogen-bond donors (Lipinski definition) is 0. The Balaban J connectivity index is 3.14. The van der Waals surface area contributed by atoms with Gasteiger partial charge in [-0.3, -0.25) is 9.59 Å². The van der Waals surface area contributed by atoms with Crippen molar-refractivity contribution in [1.82, 2.24) is 0 Å². The van der Waals surface area contributed by atoms with Gasteiger partial charge in [0.25, 0.3) is 0 Å². The maximum absolute atomic E-state index is 12.9. The second-order valence-electron chi connectivity index (χ2n) is 6.75. The molecule has 0 saturated carbocycles. The van der Waals surface area contributed by atoms with E-state index < -0.39 is 17.1 Å². The summed E-state index contributed by atoms with van der Waals surface area (Å²) in [5, 5.41) is 4.08. The number of ketones is 1. The molecule has 0 aromatic carbocycles. The van der Waals surface area contributed by atoms with Gasteiger partial charge >= 0.3 is 5.97 Å². The van der Waals surface area contributed by atoms with E-state index in [4.69, 9.17) is 21.2 Å². The zero-order chi connectivity index (χ0) is 21.1. The van der Waals surface area contributed by atoms with Crippen molar-refractivity contribution in [3.63, 3.8) is 0 Å². The molecule has 0 amide bonds. The fourth-order valence-electron chi connectivity index (χ4n) is 3.22. The number of ether oxygens (including phenoxy) is 1. The van der Waals surface area contributed by atoms with Gasteiger partial charge in [-0.25, -0.2) is 0 Å². The summed E-state index contributed by atoms with van der Waals surface area (Å²) in [6.07, 6.45) is 4.27. The molecule has 0 spiro atoms. The Morgan fingerprint density at radius 1 is 1.43 bits per heavy atom. The number of halogens is 1. The highest BCUT2D eigenvalue weighted by Gasteiger charge is 2.34. The van der Waals surface area contributed by atoms with E-state index in [0.29, 0.717) is 48.5 Å². The highest BCUT2D eigenvalue weighted by molar-refractivity contribution is 7.91. The minimum Gasteiger partial charge on any atom is -0.616 e. The lowest BCUT2D eigenvalue weighted by molar-refractivity contribution is -0.137. The Hall–Kier alpha value is -1.31. The van der Waals surface area contributed by atoms with Crippen molar-refractivity contribution in [2.45, 2.75) is 65.0 Å². The van der Waals surface area contributed by atoms with Crippen molar-refractivity contribution in [1.29, 1.82) is 0 Å². The molecular weight excluding hydrogens is 402 g/mol. The largest absolute Gasteiger partial charge is 0.616 e. The van der Waals surface area contributed by atoms with Crippen LogP contribution in [0.3, 0.4) is 0 Å². The lowest BCUT2D eigenvalue weighted by Gasteiger charge is -2.28. The maximum Gasteiger partial charge on any atom is 0.307 e. The predicted molar refractivity (Wildman–Crippen MR) is 113 cm³/mol. The van der Waals surface area contributed by atoms with E-state index in [2.05, 4.69) is 5.16 Å². The summed E-state index contributed by atoms with van der Waals surface area (Å²) in [7, 11) is 0. The average Bonchev–Trinajstić information content (AvgIpc) is 2.63. The average molecular weight is 432 g/mol. The Morgan fingerprint density at radius 2 is 2.14 bits per heavy atom. The standard InChI is InChI=1S/C20H30ClNO5S/c1-5-8-17(22-26-10-7-9-21)20-18(24)12-16(11-14(3)28(25)6-2)13-19(20)27-15(4)23/h7,9,14,16H,5-6,8,10-13H2,1-4H3/b9-7+,22-17?. The molecule has 1 aliphatic carbocycles. The molecule has 0 N–H and O–H groups in total. The van der Waals surface area contributed by atoms with Crippen molar-refractivity contribution in [2.75, 3.05) is 12.4 Å². The number of carbonyl (C=O) groups excluding carboxylic acids is 2. The fourth-order valence-corrected chi connectivity index (χ4v) is 4.35. The van der Waals surface area contributed by atoms with E-state index in [1.54, 1.807) is 6.08 Å². The van der Waals surface area contributed by atoms with Crippen LogP contribution in [0.25, 0.3) is 0 Å². The first-order valence-electron chi connectivity index (χ1n) is 9.60. The topological polar surface area (TPSA) is 88.0 Å². The predicted octanol–water partition coefficient (Wildman–Crippen LogP) is 4.26. The summed E-state index contributed by atoms with van der Waals surface area (Å²) in [6, 6.07) is 0. The highest BCUT2D eigenvalue weighted by atomic mass is 35.5. The normalized spacial score (nSPS) is 20.4. The van der Waals surface area contributed by atoms with Crippen LogP contribution in [-0.4, -0.2) is 39.6 Å². The van der Waals surface area contributed by atoms with Crippen LogP contribution in [0.15, 0.2) is 28.1 Å². The number of rotatable bonds is 11. The van der Waals surface area contributed by atoms with Gasteiger partial charge in [0.2, 0.25) is 0 Å². The van der Waals surface area contributed by atoms with Gasteiger partial charge in [-0.1, -0.05) is 41.3 Å². The van der Waals surface area contributed by atoms with Gasteiger partial charge in [0.15, 0.2) is 5.78 Å². The van der Waals surface area contributed by atoms with Crippen LogP contribution < -0.4 is 0 Å². The third-order valence-corrected chi connectivity index (χ3v) is 6.22. The van der Waals surface area contributed by atoms with Gasteiger partial charge in [0.05, 0.1) is 11.3 Å². The van der Waals surface area contributed by atoms with Crippen LogP contribution in [-0.2, 0) is 30.3 Å². The molecule has 0 aromatic rings. The molecule has 1 rings (SSSR count).